The summed E-state index contributed by atoms with van der Waals surface area (Å²) in [6.07, 6.45) is 1.73. The Kier molecular flexibility index (Phi) is 2.40. The zero-order valence-corrected chi connectivity index (χ0v) is 7.30. The first kappa shape index (κ1) is 7.69. The Morgan fingerprint density at radius 3 is 2.80 bits per heavy atom. The molecule has 1 heterocycles. The molecule has 2 nitrogen and oxygen atoms in total. The summed E-state index contributed by atoms with van der Waals surface area (Å²) in [5.74, 6) is 0. The van der Waals surface area contributed by atoms with E-state index in [4.69, 9.17) is 5.73 Å². The van der Waals surface area contributed by atoms with E-state index in [1.165, 1.54) is 0 Å². The molecule has 0 saturated heterocycles. The summed E-state index contributed by atoms with van der Waals surface area (Å²) in [5, 5.41) is 0. The Labute approximate surface area is 68.6 Å². The summed E-state index contributed by atoms with van der Waals surface area (Å²) in [4.78, 5) is 4.04. The Bertz CT molecular complexity index is 223. The van der Waals surface area contributed by atoms with Gasteiger partial charge in [0, 0.05) is 17.8 Å². The van der Waals surface area contributed by atoms with Crippen molar-refractivity contribution < 1.29 is 0 Å². The Morgan fingerprint density at radius 2 is 2.40 bits per heavy atom. The van der Waals surface area contributed by atoms with Crippen LogP contribution in [0.25, 0.3) is 0 Å². The zero-order valence-electron chi connectivity index (χ0n) is 5.71. The van der Waals surface area contributed by atoms with E-state index < -0.39 is 0 Å². The van der Waals surface area contributed by atoms with E-state index in [0.29, 0.717) is 0 Å². The van der Waals surface area contributed by atoms with Crippen LogP contribution in [0.4, 0.5) is 0 Å². The highest BCUT2D eigenvalue weighted by Crippen LogP contribution is 2.17. The van der Waals surface area contributed by atoms with Crippen molar-refractivity contribution in [1.82, 2.24) is 4.98 Å². The van der Waals surface area contributed by atoms with Gasteiger partial charge in [0.15, 0.2) is 0 Å². The van der Waals surface area contributed by atoms with Crippen molar-refractivity contribution in [3.63, 3.8) is 0 Å². The summed E-state index contributed by atoms with van der Waals surface area (Å²) < 4.78 is 0.838. The van der Waals surface area contributed by atoms with E-state index in [-0.39, 0.29) is 6.04 Å². The first-order valence-corrected chi connectivity index (χ1v) is 3.87. The van der Waals surface area contributed by atoms with Gasteiger partial charge in [-0.05, 0) is 28.9 Å². The van der Waals surface area contributed by atoms with Crippen LogP contribution in [0.3, 0.4) is 0 Å². The minimum atomic E-state index is 0.0445. The van der Waals surface area contributed by atoms with E-state index in [0.717, 1.165) is 10.2 Å². The number of hydrogen-bond donors (Lipinski definition) is 1. The summed E-state index contributed by atoms with van der Waals surface area (Å²) >= 11 is 3.31. The second-order valence-electron chi connectivity index (χ2n) is 2.17. The van der Waals surface area contributed by atoms with Gasteiger partial charge in [0.1, 0.15) is 4.60 Å². The number of aromatic nitrogens is 1. The van der Waals surface area contributed by atoms with Gasteiger partial charge in [-0.3, -0.25) is 0 Å². The van der Waals surface area contributed by atoms with Gasteiger partial charge < -0.3 is 5.73 Å². The number of pyridine rings is 1. The summed E-state index contributed by atoms with van der Waals surface area (Å²) in [6.45, 7) is 1.93. The minimum Gasteiger partial charge on any atom is -0.324 e. The SMILES string of the molecule is C[C@H](N)c1cccnc1Br. The molecule has 2 N–H and O–H groups in total. The second kappa shape index (κ2) is 3.12. The standard InChI is InChI=1S/C7H9BrN2/c1-5(9)6-3-2-4-10-7(6)8/h2-5H,9H2,1H3/t5-/m0/s1. The fourth-order valence-corrected chi connectivity index (χ4v) is 1.35. The Morgan fingerprint density at radius 1 is 1.70 bits per heavy atom. The lowest BCUT2D eigenvalue weighted by atomic mass is 10.2. The highest BCUT2D eigenvalue weighted by molar-refractivity contribution is 9.10. The molecule has 0 radical (unpaired) electrons. The van der Waals surface area contributed by atoms with Crippen molar-refractivity contribution in [2.24, 2.45) is 5.73 Å². The summed E-state index contributed by atoms with van der Waals surface area (Å²) in [7, 11) is 0. The van der Waals surface area contributed by atoms with Crippen LogP contribution in [-0.4, -0.2) is 4.98 Å². The average molecular weight is 201 g/mol. The predicted octanol–water partition coefficient (Wildman–Crippen LogP) is 1.86. The van der Waals surface area contributed by atoms with Gasteiger partial charge in [0.2, 0.25) is 0 Å². The van der Waals surface area contributed by atoms with Crippen LogP contribution in [0.2, 0.25) is 0 Å². The van der Waals surface area contributed by atoms with Gasteiger partial charge in [-0.1, -0.05) is 6.07 Å². The van der Waals surface area contributed by atoms with E-state index in [2.05, 4.69) is 20.9 Å². The fraction of sp³-hybridized carbons (Fsp3) is 0.286. The molecule has 0 aliphatic carbocycles. The monoisotopic (exact) mass is 200 g/mol. The Hall–Kier alpha value is -0.410. The maximum Gasteiger partial charge on any atom is 0.110 e. The lowest BCUT2D eigenvalue weighted by Crippen LogP contribution is -2.05. The molecule has 10 heavy (non-hydrogen) atoms. The van der Waals surface area contributed by atoms with Crippen molar-refractivity contribution in [2.45, 2.75) is 13.0 Å². The molecule has 54 valence electrons. The van der Waals surface area contributed by atoms with Crippen molar-refractivity contribution in [3.05, 3.63) is 28.5 Å². The highest BCUT2D eigenvalue weighted by atomic mass is 79.9. The van der Waals surface area contributed by atoms with Gasteiger partial charge >= 0.3 is 0 Å². The molecule has 1 aromatic heterocycles. The lowest BCUT2D eigenvalue weighted by molar-refractivity contribution is 0.804. The first-order chi connectivity index (χ1) is 4.72. The van der Waals surface area contributed by atoms with E-state index >= 15 is 0 Å². The fourth-order valence-electron chi connectivity index (χ4n) is 0.738. The van der Waals surface area contributed by atoms with E-state index in [9.17, 15) is 0 Å². The molecular formula is C7H9BrN2. The van der Waals surface area contributed by atoms with Crippen LogP contribution in [0.15, 0.2) is 22.9 Å². The molecule has 1 rings (SSSR count). The Balaban J connectivity index is 3.03. The third-order valence-corrected chi connectivity index (χ3v) is 1.94. The lowest BCUT2D eigenvalue weighted by Gasteiger charge is -2.05. The first-order valence-electron chi connectivity index (χ1n) is 3.08. The molecule has 0 fully saturated rings. The molecule has 0 aliphatic rings. The molecule has 1 atom stereocenters. The van der Waals surface area contributed by atoms with Crippen LogP contribution in [0.1, 0.15) is 18.5 Å². The van der Waals surface area contributed by atoms with Crippen LogP contribution in [0.5, 0.6) is 0 Å². The molecule has 0 aliphatic heterocycles. The minimum absolute atomic E-state index is 0.0445. The molecule has 0 spiro atoms. The quantitative estimate of drug-likeness (QED) is 0.704. The summed E-state index contributed by atoms with van der Waals surface area (Å²) in [6, 6.07) is 3.88. The largest absolute Gasteiger partial charge is 0.324 e. The molecule has 0 unspecified atom stereocenters. The molecule has 1 aromatic rings. The second-order valence-corrected chi connectivity index (χ2v) is 2.92. The van der Waals surface area contributed by atoms with Crippen molar-refractivity contribution >= 4 is 15.9 Å². The number of halogens is 1. The average Bonchev–Trinajstić information content (AvgIpc) is 1.88. The number of nitrogens with zero attached hydrogens (tertiary/aromatic N) is 1. The van der Waals surface area contributed by atoms with Crippen molar-refractivity contribution in [1.29, 1.82) is 0 Å². The number of nitrogens with two attached hydrogens (primary N) is 1. The maximum atomic E-state index is 5.64. The maximum absolute atomic E-state index is 5.64. The van der Waals surface area contributed by atoms with Gasteiger partial charge in [-0.15, -0.1) is 0 Å². The van der Waals surface area contributed by atoms with Gasteiger partial charge in [0.05, 0.1) is 0 Å². The normalized spacial score (nSPS) is 13.1. The predicted molar refractivity (Wildman–Crippen MR) is 44.5 cm³/mol. The van der Waals surface area contributed by atoms with Crippen LogP contribution < -0.4 is 5.73 Å². The zero-order chi connectivity index (χ0) is 7.56. The van der Waals surface area contributed by atoms with E-state index in [1.54, 1.807) is 6.20 Å². The van der Waals surface area contributed by atoms with Crippen LogP contribution in [-0.2, 0) is 0 Å². The van der Waals surface area contributed by atoms with Crippen LogP contribution >= 0.6 is 15.9 Å². The topological polar surface area (TPSA) is 38.9 Å². The van der Waals surface area contributed by atoms with Crippen molar-refractivity contribution in [2.75, 3.05) is 0 Å². The van der Waals surface area contributed by atoms with E-state index in [1.807, 2.05) is 19.1 Å². The smallest absolute Gasteiger partial charge is 0.110 e. The van der Waals surface area contributed by atoms with Gasteiger partial charge in [-0.25, -0.2) is 4.98 Å². The van der Waals surface area contributed by atoms with Gasteiger partial charge in [0.25, 0.3) is 0 Å². The third kappa shape index (κ3) is 1.55. The molecule has 0 bridgehead atoms. The molecule has 0 aromatic carbocycles. The summed E-state index contributed by atoms with van der Waals surface area (Å²) in [5.41, 5.74) is 6.69. The number of rotatable bonds is 1. The number of hydrogen-bond acceptors (Lipinski definition) is 2. The molecular weight excluding hydrogens is 192 g/mol. The third-order valence-electron chi connectivity index (χ3n) is 1.28. The molecule has 0 saturated carbocycles. The molecule has 0 amide bonds. The van der Waals surface area contributed by atoms with Crippen molar-refractivity contribution in [3.8, 4) is 0 Å². The van der Waals surface area contributed by atoms with Crippen LogP contribution in [0, 0.1) is 0 Å². The molecule has 3 heteroatoms. The van der Waals surface area contributed by atoms with Gasteiger partial charge in [-0.2, -0.15) is 0 Å². The highest BCUT2D eigenvalue weighted by Gasteiger charge is 2.02.